The molecule has 0 saturated heterocycles. The van der Waals surface area contributed by atoms with Gasteiger partial charge < -0.3 is 4.74 Å². The maximum Gasteiger partial charge on any atom is 0.387 e. The molecule has 0 atom stereocenters. The van der Waals surface area contributed by atoms with Gasteiger partial charge in [-0.1, -0.05) is 19.3 Å². The van der Waals surface area contributed by atoms with Gasteiger partial charge >= 0.3 is 6.61 Å². The lowest BCUT2D eigenvalue weighted by atomic mass is 9.99. The van der Waals surface area contributed by atoms with Crippen LogP contribution in [0.5, 0.6) is 5.75 Å². The number of benzene rings is 1. The van der Waals surface area contributed by atoms with Crippen molar-refractivity contribution < 1.29 is 13.5 Å². The van der Waals surface area contributed by atoms with Crippen LogP contribution in [0.4, 0.5) is 8.78 Å². The number of ether oxygens (including phenoxy) is 1. The Balaban J connectivity index is 1.95. The number of thiazole rings is 1. The SMILES string of the molecule is CCN=c1scc(-c2ccc(OC(F)F)cc2)n1N=C1CCCCCCC1. The van der Waals surface area contributed by atoms with Crippen LogP contribution >= 0.6 is 11.3 Å². The van der Waals surface area contributed by atoms with Gasteiger partial charge in [0.1, 0.15) is 5.75 Å². The summed E-state index contributed by atoms with van der Waals surface area (Å²) in [7, 11) is 0. The summed E-state index contributed by atoms with van der Waals surface area (Å²) in [6.07, 6.45) is 8.24. The van der Waals surface area contributed by atoms with E-state index in [0.29, 0.717) is 6.54 Å². The first-order chi connectivity index (χ1) is 13.2. The largest absolute Gasteiger partial charge is 0.435 e. The van der Waals surface area contributed by atoms with E-state index in [4.69, 9.17) is 5.10 Å². The number of hydrogen-bond acceptors (Lipinski definition) is 4. The number of nitrogens with zero attached hydrogens (tertiary/aromatic N) is 3. The van der Waals surface area contributed by atoms with Crippen molar-refractivity contribution in [2.75, 3.05) is 6.54 Å². The van der Waals surface area contributed by atoms with Crippen LogP contribution in [0.15, 0.2) is 39.7 Å². The summed E-state index contributed by atoms with van der Waals surface area (Å²) >= 11 is 1.55. The van der Waals surface area contributed by atoms with E-state index < -0.39 is 6.61 Å². The molecule has 1 aromatic carbocycles. The van der Waals surface area contributed by atoms with E-state index in [-0.39, 0.29) is 5.75 Å². The summed E-state index contributed by atoms with van der Waals surface area (Å²) in [5.74, 6) is 0.153. The van der Waals surface area contributed by atoms with E-state index in [1.807, 2.05) is 17.0 Å². The zero-order valence-electron chi connectivity index (χ0n) is 15.5. The summed E-state index contributed by atoms with van der Waals surface area (Å²) in [5.41, 5.74) is 3.04. The Morgan fingerprint density at radius 3 is 2.37 bits per heavy atom. The Morgan fingerprint density at radius 1 is 1.07 bits per heavy atom. The summed E-state index contributed by atoms with van der Waals surface area (Å²) in [5, 5.41) is 6.96. The lowest BCUT2D eigenvalue weighted by Crippen LogP contribution is -2.15. The van der Waals surface area contributed by atoms with Crippen molar-refractivity contribution in [3.05, 3.63) is 34.4 Å². The van der Waals surface area contributed by atoms with E-state index in [9.17, 15) is 8.78 Å². The quantitative estimate of drug-likeness (QED) is 0.643. The normalized spacial score (nSPS) is 16.3. The van der Waals surface area contributed by atoms with Crippen molar-refractivity contribution in [3.8, 4) is 17.0 Å². The van der Waals surface area contributed by atoms with Crippen molar-refractivity contribution >= 4 is 17.0 Å². The molecule has 3 rings (SSSR count). The fourth-order valence-corrected chi connectivity index (χ4v) is 4.10. The van der Waals surface area contributed by atoms with Crippen molar-refractivity contribution in [3.63, 3.8) is 0 Å². The van der Waals surface area contributed by atoms with Gasteiger partial charge in [-0.3, -0.25) is 4.99 Å². The lowest BCUT2D eigenvalue weighted by Gasteiger charge is -2.12. The molecule has 0 radical (unpaired) electrons. The van der Waals surface area contributed by atoms with Crippen LogP contribution in [-0.2, 0) is 0 Å². The van der Waals surface area contributed by atoms with E-state index in [1.54, 1.807) is 35.6 Å². The minimum absolute atomic E-state index is 0.153. The number of alkyl halides is 2. The molecule has 1 saturated carbocycles. The molecule has 2 aromatic rings. The molecule has 1 aliphatic carbocycles. The van der Waals surface area contributed by atoms with Crippen molar-refractivity contribution in [1.29, 1.82) is 0 Å². The standard InChI is InChI=1S/C20H25F2N3OS/c1-2-23-20-25(24-16-8-6-4-3-5-7-9-16)18(14-27-20)15-10-12-17(13-11-15)26-19(21)22/h10-14,19H,2-9H2,1H3. The highest BCUT2D eigenvalue weighted by molar-refractivity contribution is 7.07. The first-order valence-electron chi connectivity index (χ1n) is 9.50. The third-order valence-corrected chi connectivity index (χ3v) is 5.38. The monoisotopic (exact) mass is 393 g/mol. The lowest BCUT2D eigenvalue weighted by molar-refractivity contribution is -0.0498. The second kappa shape index (κ2) is 9.78. The van der Waals surface area contributed by atoms with Crippen LogP contribution in [0.2, 0.25) is 0 Å². The first kappa shape index (κ1) is 19.7. The molecule has 1 heterocycles. The molecule has 0 N–H and O–H groups in total. The number of hydrogen-bond donors (Lipinski definition) is 0. The molecular formula is C20H25F2N3OS. The van der Waals surface area contributed by atoms with Gasteiger partial charge in [0, 0.05) is 23.2 Å². The number of rotatable bonds is 5. The zero-order chi connectivity index (χ0) is 19.1. The summed E-state index contributed by atoms with van der Waals surface area (Å²) < 4.78 is 31.1. The van der Waals surface area contributed by atoms with Gasteiger partial charge in [-0.15, -0.1) is 11.3 Å². The van der Waals surface area contributed by atoms with Crippen LogP contribution in [0.1, 0.15) is 51.9 Å². The van der Waals surface area contributed by atoms with Crippen LogP contribution in [0, 0.1) is 0 Å². The van der Waals surface area contributed by atoms with Crippen molar-refractivity contribution in [1.82, 2.24) is 4.68 Å². The molecule has 0 bridgehead atoms. The number of halogens is 2. The molecule has 146 valence electrons. The van der Waals surface area contributed by atoms with Gasteiger partial charge in [-0.05, 0) is 56.9 Å². The highest BCUT2D eigenvalue weighted by Crippen LogP contribution is 2.25. The smallest absolute Gasteiger partial charge is 0.387 e. The Hall–Kier alpha value is -2.02. The van der Waals surface area contributed by atoms with E-state index in [0.717, 1.165) is 28.9 Å². The van der Waals surface area contributed by atoms with Gasteiger partial charge in [0.2, 0.25) is 4.80 Å². The highest BCUT2D eigenvalue weighted by Gasteiger charge is 2.11. The Bertz CT molecular complexity index is 814. The second-order valence-electron chi connectivity index (χ2n) is 6.53. The summed E-state index contributed by atoms with van der Waals surface area (Å²) in [4.78, 5) is 5.42. The van der Waals surface area contributed by atoms with Gasteiger partial charge in [0.25, 0.3) is 0 Å². The Morgan fingerprint density at radius 2 is 1.74 bits per heavy atom. The third kappa shape index (κ3) is 5.48. The molecule has 7 heteroatoms. The maximum absolute atomic E-state index is 12.4. The van der Waals surface area contributed by atoms with Crippen molar-refractivity contribution in [2.24, 2.45) is 10.1 Å². The topological polar surface area (TPSA) is 38.9 Å². The third-order valence-electron chi connectivity index (χ3n) is 4.53. The van der Waals surface area contributed by atoms with Gasteiger partial charge in [-0.25, -0.2) is 4.68 Å². The second-order valence-corrected chi connectivity index (χ2v) is 7.36. The van der Waals surface area contributed by atoms with Gasteiger partial charge in [0.05, 0.1) is 5.69 Å². The molecule has 0 amide bonds. The molecule has 1 fully saturated rings. The zero-order valence-corrected chi connectivity index (χ0v) is 16.4. The minimum atomic E-state index is -2.82. The van der Waals surface area contributed by atoms with E-state index >= 15 is 0 Å². The van der Waals surface area contributed by atoms with Gasteiger partial charge in [-0.2, -0.15) is 13.9 Å². The molecule has 4 nitrogen and oxygen atoms in total. The molecular weight excluding hydrogens is 368 g/mol. The van der Waals surface area contributed by atoms with Crippen LogP contribution in [0.3, 0.4) is 0 Å². The van der Waals surface area contributed by atoms with Crippen LogP contribution in [-0.4, -0.2) is 23.5 Å². The van der Waals surface area contributed by atoms with E-state index in [2.05, 4.69) is 9.73 Å². The predicted octanol–water partition coefficient (Wildman–Crippen LogP) is 5.69. The molecule has 1 aliphatic rings. The fraction of sp³-hybridized carbons (Fsp3) is 0.500. The fourth-order valence-electron chi connectivity index (χ4n) is 3.20. The van der Waals surface area contributed by atoms with Gasteiger partial charge in [0.15, 0.2) is 0 Å². The summed E-state index contributed by atoms with van der Waals surface area (Å²) in [6.45, 7) is -0.127. The molecule has 27 heavy (non-hydrogen) atoms. The molecule has 1 aromatic heterocycles. The Kier molecular flexibility index (Phi) is 7.15. The van der Waals surface area contributed by atoms with E-state index in [1.165, 1.54) is 37.8 Å². The number of aromatic nitrogens is 1. The highest BCUT2D eigenvalue weighted by atomic mass is 32.1. The van der Waals surface area contributed by atoms with Crippen molar-refractivity contribution in [2.45, 2.75) is 58.5 Å². The predicted molar refractivity (Wildman–Crippen MR) is 106 cm³/mol. The first-order valence-corrected chi connectivity index (χ1v) is 10.4. The maximum atomic E-state index is 12.4. The average molecular weight is 394 g/mol. The Labute approximate surface area is 162 Å². The van der Waals surface area contributed by atoms with Crippen LogP contribution < -0.4 is 9.54 Å². The molecule has 0 aliphatic heterocycles. The average Bonchev–Trinajstić information content (AvgIpc) is 3.00. The summed E-state index contributed by atoms with van der Waals surface area (Å²) in [6, 6.07) is 6.68. The molecule has 0 unspecified atom stereocenters. The molecule has 0 spiro atoms. The minimum Gasteiger partial charge on any atom is -0.435 e. The van der Waals surface area contributed by atoms with Crippen LogP contribution in [0.25, 0.3) is 11.3 Å².